The number of primary amides is 1. The maximum atomic E-state index is 11.1. The zero-order valence-electron chi connectivity index (χ0n) is 13.3. The van der Waals surface area contributed by atoms with Crippen LogP contribution in [0.4, 0.5) is 0 Å². The molecule has 0 saturated heterocycles. The number of carbonyl (C=O) groups excluding carboxylic acids is 1. The predicted molar refractivity (Wildman–Crippen MR) is 98.2 cm³/mol. The minimum absolute atomic E-state index is 0.422. The summed E-state index contributed by atoms with van der Waals surface area (Å²) in [6.07, 6.45) is 5.99. The molecule has 0 spiro atoms. The third kappa shape index (κ3) is 6.83. The van der Waals surface area contributed by atoms with Gasteiger partial charge in [0, 0.05) is 5.56 Å². The van der Waals surface area contributed by atoms with Gasteiger partial charge in [-0.05, 0) is 42.5 Å². The number of amides is 1. The van der Waals surface area contributed by atoms with E-state index in [2.05, 4.69) is 30.3 Å². The minimum atomic E-state index is -0.422. The van der Waals surface area contributed by atoms with E-state index < -0.39 is 5.91 Å². The van der Waals surface area contributed by atoms with Gasteiger partial charge < -0.3 is 10.5 Å². The molecule has 0 aliphatic heterocycles. The van der Waals surface area contributed by atoms with Gasteiger partial charge in [0.15, 0.2) is 0 Å². The van der Waals surface area contributed by atoms with Crippen LogP contribution in [0.2, 0.25) is 0 Å². The summed E-state index contributed by atoms with van der Waals surface area (Å²) in [6.45, 7) is 0.684. The highest BCUT2D eigenvalue weighted by atomic mass is 31.1. The van der Waals surface area contributed by atoms with Crippen LogP contribution in [0.25, 0.3) is 0 Å². The number of benzene rings is 2. The highest BCUT2D eigenvalue weighted by Gasteiger charge is 2.01. The van der Waals surface area contributed by atoms with Crippen molar-refractivity contribution in [3.05, 3.63) is 60.2 Å². The van der Waals surface area contributed by atoms with Crippen molar-refractivity contribution in [2.24, 2.45) is 5.73 Å². The van der Waals surface area contributed by atoms with Crippen molar-refractivity contribution in [2.45, 2.75) is 25.7 Å². The zero-order chi connectivity index (χ0) is 16.3. The Balaban J connectivity index is 1.52. The third-order valence-corrected chi connectivity index (χ3v) is 4.91. The summed E-state index contributed by atoms with van der Waals surface area (Å²) in [5.41, 5.74) is 5.74. The summed E-state index contributed by atoms with van der Waals surface area (Å²) in [4.78, 5) is 11.1. The molecule has 0 aliphatic rings. The first-order chi connectivity index (χ1) is 11.3. The molecule has 0 fully saturated rings. The van der Waals surface area contributed by atoms with E-state index in [0.29, 0.717) is 17.9 Å². The highest BCUT2D eigenvalue weighted by Crippen LogP contribution is 2.15. The van der Waals surface area contributed by atoms with Crippen LogP contribution >= 0.6 is 8.58 Å². The van der Waals surface area contributed by atoms with E-state index in [1.54, 1.807) is 18.2 Å². The van der Waals surface area contributed by atoms with E-state index in [1.807, 2.05) is 6.07 Å². The first kappa shape index (κ1) is 17.5. The van der Waals surface area contributed by atoms with Gasteiger partial charge in [0.1, 0.15) is 5.75 Å². The minimum Gasteiger partial charge on any atom is -0.494 e. The molecular formula is C19H24NO2P. The number of ether oxygens (including phenoxy) is 1. The van der Waals surface area contributed by atoms with E-state index in [0.717, 1.165) is 15.0 Å². The molecular weight excluding hydrogens is 305 g/mol. The highest BCUT2D eigenvalue weighted by molar-refractivity contribution is 7.47. The molecule has 2 rings (SSSR count). The Labute approximate surface area is 140 Å². The second-order valence-electron chi connectivity index (χ2n) is 5.45. The van der Waals surface area contributed by atoms with Gasteiger partial charge >= 0.3 is 0 Å². The fourth-order valence-corrected chi connectivity index (χ4v) is 3.44. The van der Waals surface area contributed by atoms with E-state index in [4.69, 9.17) is 10.5 Å². The number of rotatable bonds is 10. The van der Waals surface area contributed by atoms with Crippen LogP contribution in [0.5, 0.6) is 5.75 Å². The molecule has 1 unspecified atom stereocenters. The van der Waals surface area contributed by atoms with E-state index in [9.17, 15) is 4.79 Å². The summed E-state index contributed by atoms with van der Waals surface area (Å²) in [6, 6.07) is 17.7. The Hall–Kier alpha value is -1.86. The monoisotopic (exact) mass is 329 g/mol. The fraction of sp³-hybridized carbons (Fsp3) is 0.316. The van der Waals surface area contributed by atoms with Crippen LogP contribution in [-0.2, 0) is 0 Å². The van der Waals surface area contributed by atoms with Gasteiger partial charge in [-0.15, -0.1) is 0 Å². The molecule has 1 amide bonds. The first-order valence-corrected chi connectivity index (χ1v) is 9.28. The second kappa shape index (κ2) is 10.0. The largest absolute Gasteiger partial charge is 0.494 e. The van der Waals surface area contributed by atoms with Gasteiger partial charge in [-0.25, -0.2) is 0 Å². The molecule has 3 nitrogen and oxygen atoms in total. The van der Waals surface area contributed by atoms with Crippen molar-refractivity contribution in [3.63, 3.8) is 0 Å². The Morgan fingerprint density at radius 1 is 0.957 bits per heavy atom. The molecule has 0 heterocycles. The topological polar surface area (TPSA) is 52.3 Å². The van der Waals surface area contributed by atoms with E-state index >= 15 is 0 Å². The second-order valence-corrected chi connectivity index (χ2v) is 6.88. The van der Waals surface area contributed by atoms with Gasteiger partial charge in [-0.1, -0.05) is 57.8 Å². The molecule has 0 saturated carbocycles. The number of nitrogens with two attached hydrogens (primary N) is 1. The number of unbranched alkanes of at least 4 members (excludes halogenated alkanes) is 3. The van der Waals surface area contributed by atoms with Crippen LogP contribution < -0.4 is 15.8 Å². The van der Waals surface area contributed by atoms with Gasteiger partial charge in [0.2, 0.25) is 5.91 Å². The molecule has 0 bridgehead atoms. The summed E-state index contributed by atoms with van der Waals surface area (Å²) >= 11 is 0. The maximum absolute atomic E-state index is 11.1. The molecule has 2 aromatic rings. The van der Waals surface area contributed by atoms with Crippen LogP contribution in [0.1, 0.15) is 36.0 Å². The summed E-state index contributed by atoms with van der Waals surface area (Å²) in [5.74, 6) is 0.293. The van der Waals surface area contributed by atoms with Crippen LogP contribution in [0, 0.1) is 0 Å². The molecule has 122 valence electrons. The third-order valence-electron chi connectivity index (χ3n) is 3.56. The molecule has 1 atom stereocenters. The average Bonchev–Trinajstić information content (AvgIpc) is 2.58. The molecule has 4 heteroatoms. The Morgan fingerprint density at radius 2 is 1.74 bits per heavy atom. The molecule has 0 radical (unpaired) electrons. The van der Waals surface area contributed by atoms with Crippen molar-refractivity contribution in [2.75, 3.05) is 12.8 Å². The van der Waals surface area contributed by atoms with Gasteiger partial charge in [-0.2, -0.15) is 0 Å². The van der Waals surface area contributed by atoms with Crippen molar-refractivity contribution in [1.29, 1.82) is 0 Å². The van der Waals surface area contributed by atoms with Crippen molar-refractivity contribution in [3.8, 4) is 5.75 Å². The average molecular weight is 329 g/mol. The van der Waals surface area contributed by atoms with Crippen LogP contribution in [0.15, 0.2) is 54.6 Å². The van der Waals surface area contributed by atoms with E-state index in [1.165, 1.54) is 30.7 Å². The van der Waals surface area contributed by atoms with Crippen LogP contribution in [0.3, 0.4) is 0 Å². The standard InChI is InChI=1S/C19H24NO2P/c20-19(21)16-9-8-10-17(15-16)22-13-6-1-2-7-14-23-18-11-4-3-5-12-18/h3-5,8-12,15,23H,1-2,6-7,13-14H2,(H2,20,21). The lowest BCUT2D eigenvalue weighted by Gasteiger charge is -2.07. The summed E-state index contributed by atoms with van der Waals surface area (Å²) < 4.78 is 5.67. The molecule has 0 aromatic heterocycles. The Bertz CT molecular complexity index is 601. The Morgan fingerprint density at radius 3 is 2.52 bits per heavy atom. The molecule has 2 N–H and O–H groups in total. The number of carbonyl (C=O) groups is 1. The molecule has 2 aromatic carbocycles. The summed E-state index contributed by atoms with van der Waals surface area (Å²) in [7, 11) is 0.915. The molecule has 23 heavy (non-hydrogen) atoms. The maximum Gasteiger partial charge on any atom is 0.248 e. The van der Waals surface area contributed by atoms with E-state index in [-0.39, 0.29) is 0 Å². The van der Waals surface area contributed by atoms with Crippen molar-refractivity contribution in [1.82, 2.24) is 0 Å². The Kier molecular flexibility index (Phi) is 7.62. The predicted octanol–water partition coefficient (Wildman–Crippen LogP) is 3.73. The zero-order valence-corrected chi connectivity index (χ0v) is 14.3. The van der Waals surface area contributed by atoms with Crippen molar-refractivity contribution < 1.29 is 9.53 Å². The van der Waals surface area contributed by atoms with Crippen LogP contribution in [-0.4, -0.2) is 18.7 Å². The van der Waals surface area contributed by atoms with Gasteiger partial charge in [0.25, 0.3) is 0 Å². The van der Waals surface area contributed by atoms with Gasteiger partial charge in [0.05, 0.1) is 6.61 Å². The lowest BCUT2D eigenvalue weighted by molar-refractivity contribution is 0.1000. The number of hydrogen-bond donors (Lipinski definition) is 1. The quantitative estimate of drug-likeness (QED) is 0.533. The smallest absolute Gasteiger partial charge is 0.248 e. The lowest BCUT2D eigenvalue weighted by Crippen LogP contribution is -2.10. The summed E-state index contributed by atoms with van der Waals surface area (Å²) in [5, 5.41) is 1.45. The van der Waals surface area contributed by atoms with Crippen molar-refractivity contribution >= 4 is 19.8 Å². The fourth-order valence-electron chi connectivity index (χ4n) is 2.30. The lowest BCUT2D eigenvalue weighted by atomic mass is 10.2. The first-order valence-electron chi connectivity index (χ1n) is 8.07. The normalized spacial score (nSPS) is 11.0. The van der Waals surface area contributed by atoms with Gasteiger partial charge in [-0.3, -0.25) is 4.79 Å². The number of hydrogen-bond acceptors (Lipinski definition) is 2. The SMILES string of the molecule is NC(=O)c1cccc(OCCCCCCPc2ccccc2)c1. The molecule has 0 aliphatic carbocycles.